The molecular formula is C19H22ClNO4. The number of furan rings is 1. The number of fused-ring (bicyclic) bond motifs is 1. The largest absolute Gasteiger partial charge is 0.449 e. The summed E-state index contributed by atoms with van der Waals surface area (Å²) in [5, 5.41) is 4.27. The van der Waals surface area contributed by atoms with Crippen LogP contribution in [0.2, 0.25) is 5.02 Å². The van der Waals surface area contributed by atoms with Gasteiger partial charge in [0.1, 0.15) is 5.58 Å². The highest BCUT2D eigenvalue weighted by atomic mass is 35.5. The van der Waals surface area contributed by atoms with Crippen molar-refractivity contribution in [3.8, 4) is 0 Å². The monoisotopic (exact) mass is 363 g/mol. The Hall–Kier alpha value is -2.01. The summed E-state index contributed by atoms with van der Waals surface area (Å²) in [5.74, 6) is -0.429. The molecule has 0 aliphatic heterocycles. The van der Waals surface area contributed by atoms with Crippen molar-refractivity contribution in [2.75, 3.05) is 0 Å². The van der Waals surface area contributed by atoms with E-state index in [-0.39, 0.29) is 17.7 Å². The lowest BCUT2D eigenvalue weighted by atomic mass is 9.86. The second kappa shape index (κ2) is 7.48. The van der Waals surface area contributed by atoms with Crippen molar-refractivity contribution < 1.29 is 18.7 Å². The van der Waals surface area contributed by atoms with Crippen molar-refractivity contribution >= 4 is 34.4 Å². The zero-order valence-corrected chi connectivity index (χ0v) is 15.1. The lowest BCUT2D eigenvalue weighted by Gasteiger charge is -2.30. The molecule has 1 heterocycles. The number of hydrogen-bond donors (Lipinski definition) is 1. The molecule has 2 aromatic rings. The predicted octanol–water partition coefficient (Wildman–Crippen LogP) is 4.33. The summed E-state index contributed by atoms with van der Waals surface area (Å²) < 4.78 is 10.7. The van der Waals surface area contributed by atoms with E-state index in [4.69, 9.17) is 20.8 Å². The normalized spacial score (nSPS) is 21.7. The number of halogens is 1. The minimum Gasteiger partial charge on any atom is -0.449 e. The van der Waals surface area contributed by atoms with E-state index in [9.17, 15) is 9.59 Å². The van der Waals surface area contributed by atoms with Gasteiger partial charge in [0.25, 0.3) is 5.91 Å². The zero-order valence-electron chi connectivity index (χ0n) is 14.4. The van der Waals surface area contributed by atoms with E-state index in [2.05, 4.69) is 12.2 Å². The standard InChI is InChI=1S/C19H22ClNO4/c1-11-5-3-4-6-15(11)21-18(22)12(2)24-19(23)17-10-13-9-14(20)7-8-16(13)25-17/h7-12,15H,3-6H2,1-2H3,(H,21,22)/t11-,12+,15+/m0/s1. The summed E-state index contributed by atoms with van der Waals surface area (Å²) in [6.07, 6.45) is 3.52. The molecule has 3 rings (SSSR count). The topological polar surface area (TPSA) is 68.5 Å². The lowest BCUT2D eigenvalue weighted by molar-refractivity contribution is -0.130. The molecule has 134 valence electrons. The maximum absolute atomic E-state index is 12.3. The van der Waals surface area contributed by atoms with Crippen molar-refractivity contribution in [2.24, 2.45) is 5.92 Å². The van der Waals surface area contributed by atoms with E-state index in [0.717, 1.165) is 19.3 Å². The number of carbonyl (C=O) groups is 2. The third-order valence-corrected chi connectivity index (χ3v) is 5.01. The summed E-state index contributed by atoms with van der Waals surface area (Å²) in [5.41, 5.74) is 0.546. The Morgan fingerprint density at radius 3 is 2.80 bits per heavy atom. The molecule has 0 spiro atoms. The highest BCUT2D eigenvalue weighted by Crippen LogP contribution is 2.25. The van der Waals surface area contributed by atoms with E-state index >= 15 is 0 Å². The molecule has 1 aliphatic rings. The molecule has 1 aromatic carbocycles. The first-order chi connectivity index (χ1) is 11.9. The number of hydrogen-bond acceptors (Lipinski definition) is 4. The van der Waals surface area contributed by atoms with Gasteiger partial charge in [0.05, 0.1) is 0 Å². The maximum Gasteiger partial charge on any atom is 0.375 e. The average Bonchev–Trinajstić information content (AvgIpc) is 3.00. The van der Waals surface area contributed by atoms with Gasteiger partial charge in [0.15, 0.2) is 6.10 Å². The number of ether oxygens (including phenoxy) is 1. The van der Waals surface area contributed by atoms with Gasteiger partial charge in [0, 0.05) is 16.5 Å². The molecule has 1 aromatic heterocycles. The van der Waals surface area contributed by atoms with Crippen LogP contribution in [0.5, 0.6) is 0 Å². The zero-order chi connectivity index (χ0) is 18.0. The van der Waals surface area contributed by atoms with Crippen molar-refractivity contribution in [3.05, 3.63) is 35.0 Å². The van der Waals surface area contributed by atoms with Crippen molar-refractivity contribution in [1.29, 1.82) is 0 Å². The number of carbonyl (C=O) groups excluding carboxylic acids is 2. The van der Waals surface area contributed by atoms with Crippen LogP contribution in [0, 0.1) is 5.92 Å². The number of benzene rings is 1. The van der Waals surface area contributed by atoms with Gasteiger partial charge in [-0.2, -0.15) is 0 Å². The van der Waals surface area contributed by atoms with Crippen LogP contribution in [0.4, 0.5) is 0 Å². The summed E-state index contributed by atoms with van der Waals surface area (Å²) in [4.78, 5) is 24.5. The molecule has 5 nitrogen and oxygen atoms in total. The molecule has 3 atom stereocenters. The summed E-state index contributed by atoms with van der Waals surface area (Å²) in [6, 6.07) is 6.80. The first kappa shape index (κ1) is 17.8. The summed E-state index contributed by atoms with van der Waals surface area (Å²) in [7, 11) is 0. The summed E-state index contributed by atoms with van der Waals surface area (Å²) >= 11 is 5.93. The van der Waals surface area contributed by atoms with Crippen LogP contribution in [0.1, 0.15) is 50.1 Å². The smallest absolute Gasteiger partial charge is 0.375 e. The molecule has 1 fully saturated rings. The number of esters is 1. The minimum atomic E-state index is -0.876. The minimum absolute atomic E-state index is 0.0583. The maximum atomic E-state index is 12.3. The third kappa shape index (κ3) is 4.15. The van der Waals surface area contributed by atoms with E-state index < -0.39 is 12.1 Å². The Morgan fingerprint density at radius 1 is 1.28 bits per heavy atom. The van der Waals surface area contributed by atoms with Crippen molar-refractivity contribution in [3.63, 3.8) is 0 Å². The first-order valence-electron chi connectivity index (χ1n) is 8.64. The van der Waals surface area contributed by atoms with Gasteiger partial charge in [0.2, 0.25) is 5.76 Å². The quantitative estimate of drug-likeness (QED) is 0.821. The Morgan fingerprint density at radius 2 is 2.04 bits per heavy atom. The van der Waals surface area contributed by atoms with Crippen LogP contribution in [0.15, 0.2) is 28.7 Å². The van der Waals surface area contributed by atoms with E-state index in [0.29, 0.717) is 21.9 Å². The van der Waals surface area contributed by atoms with Gasteiger partial charge in [-0.1, -0.05) is 31.4 Å². The second-order valence-electron chi connectivity index (χ2n) is 6.72. The molecule has 6 heteroatoms. The Bertz CT molecular complexity index is 785. The van der Waals surface area contributed by atoms with Crippen LogP contribution in [0.25, 0.3) is 11.0 Å². The number of nitrogens with one attached hydrogen (secondary N) is 1. The highest BCUT2D eigenvalue weighted by Gasteiger charge is 2.27. The molecule has 25 heavy (non-hydrogen) atoms. The van der Waals surface area contributed by atoms with Gasteiger partial charge in [-0.3, -0.25) is 4.79 Å². The second-order valence-corrected chi connectivity index (χ2v) is 7.15. The molecule has 1 N–H and O–H groups in total. The van der Waals surface area contributed by atoms with Gasteiger partial charge < -0.3 is 14.5 Å². The molecule has 0 bridgehead atoms. The molecule has 0 unspecified atom stereocenters. The van der Waals surface area contributed by atoms with Gasteiger partial charge in [-0.25, -0.2) is 4.79 Å². The Labute approximate surface area is 151 Å². The highest BCUT2D eigenvalue weighted by molar-refractivity contribution is 6.31. The third-order valence-electron chi connectivity index (χ3n) is 4.77. The molecule has 1 saturated carbocycles. The predicted molar refractivity (Wildman–Crippen MR) is 95.7 cm³/mol. The van der Waals surface area contributed by atoms with Crippen LogP contribution in [-0.2, 0) is 9.53 Å². The fraction of sp³-hybridized carbons (Fsp3) is 0.474. The lowest BCUT2D eigenvalue weighted by Crippen LogP contribution is -2.45. The van der Waals surface area contributed by atoms with E-state index in [1.165, 1.54) is 6.42 Å². The van der Waals surface area contributed by atoms with E-state index in [1.807, 2.05) is 0 Å². The van der Waals surface area contributed by atoms with Gasteiger partial charge >= 0.3 is 5.97 Å². The molecule has 1 amide bonds. The van der Waals surface area contributed by atoms with Gasteiger partial charge in [-0.15, -0.1) is 0 Å². The molecular weight excluding hydrogens is 342 g/mol. The van der Waals surface area contributed by atoms with Crippen molar-refractivity contribution in [2.45, 2.75) is 51.7 Å². The van der Waals surface area contributed by atoms with Crippen LogP contribution in [0.3, 0.4) is 0 Å². The van der Waals surface area contributed by atoms with Gasteiger partial charge in [-0.05, 0) is 49.9 Å². The van der Waals surface area contributed by atoms with Crippen LogP contribution in [-0.4, -0.2) is 24.0 Å². The molecule has 0 saturated heterocycles. The molecule has 1 aliphatic carbocycles. The molecule has 0 radical (unpaired) electrons. The summed E-state index contributed by atoms with van der Waals surface area (Å²) in [6.45, 7) is 3.71. The van der Waals surface area contributed by atoms with Crippen LogP contribution >= 0.6 is 11.6 Å². The van der Waals surface area contributed by atoms with Crippen molar-refractivity contribution in [1.82, 2.24) is 5.32 Å². The fourth-order valence-electron chi connectivity index (χ4n) is 3.22. The first-order valence-corrected chi connectivity index (χ1v) is 9.02. The number of rotatable bonds is 4. The average molecular weight is 364 g/mol. The van der Waals surface area contributed by atoms with Crippen LogP contribution < -0.4 is 5.32 Å². The van der Waals surface area contributed by atoms with E-state index in [1.54, 1.807) is 31.2 Å². The Kier molecular flexibility index (Phi) is 5.33. The SMILES string of the molecule is C[C@@H](OC(=O)c1cc2cc(Cl)ccc2o1)C(=O)N[C@@H]1CCCC[C@@H]1C. The fourth-order valence-corrected chi connectivity index (χ4v) is 3.40. The number of amides is 1. The Balaban J connectivity index is 1.61.